The van der Waals surface area contributed by atoms with E-state index >= 15 is 0 Å². The third-order valence-electron chi connectivity index (χ3n) is 8.81. The summed E-state index contributed by atoms with van der Waals surface area (Å²) in [7, 11) is 1.70. The minimum absolute atomic E-state index is 0.0199. The van der Waals surface area contributed by atoms with Crippen LogP contribution >= 0.6 is 0 Å². The highest BCUT2D eigenvalue weighted by atomic mass is 19.4. The van der Waals surface area contributed by atoms with Crippen LogP contribution in [0.25, 0.3) is 0 Å². The largest absolute Gasteiger partial charge is 0.417 e. The van der Waals surface area contributed by atoms with E-state index in [0.717, 1.165) is 88.6 Å². The van der Waals surface area contributed by atoms with Gasteiger partial charge >= 0.3 is 6.18 Å². The molecule has 1 saturated heterocycles. The fourth-order valence-corrected chi connectivity index (χ4v) is 5.97. The van der Waals surface area contributed by atoms with Crippen molar-refractivity contribution in [2.45, 2.75) is 95.4 Å². The second-order valence-electron chi connectivity index (χ2n) is 13.0. The number of rotatable bonds is 9. The molecule has 0 radical (unpaired) electrons. The average Bonchev–Trinajstić information content (AvgIpc) is 2.88. The molecule has 0 aromatic carbocycles. The zero-order valence-electron chi connectivity index (χ0n) is 24.4. The van der Waals surface area contributed by atoms with E-state index < -0.39 is 30.5 Å². The van der Waals surface area contributed by atoms with Crippen molar-refractivity contribution in [1.29, 1.82) is 0 Å². The molecule has 0 unspecified atom stereocenters. The van der Waals surface area contributed by atoms with Gasteiger partial charge in [0.25, 0.3) is 0 Å². The smallest absolute Gasteiger partial charge is 0.384 e. The van der Waals surface area contributed by atoms with E-state index in [0.29, 0.717) is 12.5 Å². The molecule has 3 aliphatic rings. The number of carbonyl (C=O) groups excluding carboxylic acids is 1. The van der Waals surface area contributed by atoms with Crippen molar-refractivity contribution in [2.24, 2.45) is 11.8 Å². The van der Waals surface area contributed by atoms with Crippen molar-refractivity contribution in [3.05, 3.63) is 17.6 Å². The summed E-state index contributed by atoms with van der Waals surface area (Å²) in [6, 6.07) is 2.12. The van der Waals surface area contributed by atoms with E-state index in [-0.39, 0.29) is 17.4 Å². The Morgan fingerprint density at radius 2 is 1.75 bits per heavy atom. The number of amides is 1. The number of methoxy groups -OCH3 is 1. The number of halogens is 3. The van der Waals surface area contributed by atoms with Gasteiger partial charge in [-0.2, -0.15) is 13.2 Å². The van der Waals surface area contributed by atoms with Crippen LogP contribution in [0.5, 0.6) is 0 Å². The summed E-state index contributed by atoms with van der Waals surface area (Å²) in [5, 5.41) is 12.5. The maximum atomic E-state index is 12.8. The summed E-state index contributed by atoms with van der Waals surface area (Å²) < 4.78 is 43.8. The van der Waals surface area contributed by atoms with Crippen LogP contribution in [-0.4, -0.2) is 90.1 Å². The molecule has 0 bridgehead atoms. The first-order chi connectivity index (χ1) is 18.8. The zero-order chi connectivity index (χ0) is 29.1. The number of aromatic nitrogens is 2. The van der Waals surface area contributed by atoms with Gasteiger partial charge in [-0.25, -0.2) is 9.97 Å². The molecule has 1 amide bonds. The molecule has 1 aromatic heterocycles. The van der Waals surface area contributed by atoms with Crippen molar-refractivity contribution < 1.29 is 27.8 Å². The molecule has 1 aliphatic heterocycles. The third kappa shape index (κ3) is 7.64. The number of carbonyl (C=O) groups is 1. The van der Waals surface area contributed by atoms with Crippen LogP contribution in [0.4, 0.5) is 19.0 Å². The highest BCUT2D eigenvalue weighted by molar-refractivity contribution is 5.80. The van der Waals surface area contributed by atoms with Crippen LogP contribution in [0.2, 0.25) is 0 Å². The fourth-order valence-electron chi connectivity index (χ4n) is 5.97. The lowest BCUT2D eigenvalue weighted by Gasteiger charge is -2.44. The van der Waals surface area contributed by atoms with Crippen LogP contribution in [0.15, 0.2) is 6.07 Å². The Labute approximate surface area is 236 Å². The van der Waals surface area contributed by atoms with Crippen molar-refractivity contribution in [1.82, 2.24) is 20.2 Å². The van der Waals surface area contributed by atoms with E-state index in [1.807, 2.05) is 0 Å². The number of aliphatic hydroxyl groups is 1. The minimum Gasteiger partial charge on any atom is -0.384 e. The number of hydrogen-bond donors (Lipinski definition) is 2. The number of anilines is 1. The third-order valence-corrected chi connectivity index (χ3v) is 8.81. The molecular weight excluding hydrogens is 523 g/mol. The van der Waals surface area contributed by atoms with E-state index in [1.54, 1.807) is 7.11 Å². The molecule has 1 aromatic rings. The monoisotopic (exact) mass is 569 g/mol. The summed E-state index contributed by atoms with van der Waals surface area (Å²) in [5.41, 5.74) is -1.81. The molecule has 3 fully saturated rings. The van der Waals surface area contributed by atoms with Crippen LogP contribution in [0, 0.1) is 11.8 Å². The molecule has 8 nitrogen and oxygen atoms in total. The normalized spacial score (nSPS) is 28.3. The van der Waals surface area contributed by atoms with Crippen molar-refractivity contribution in [2.75, 3.05) is 51.3 Å². The van der Waals surface area contributed by atoms with Crippen LogP contribution < -0.4 is 10.2 Å². The molecule has 4 rings (SSSR count). The van der Waals surface area contributed by atoms with Gasteiger partial charge in [0.15, 0.2) is 5.60 Å². The van der Waals surface area contributed by atoms with E-state index in [1.165, 1.54) is 0 Å². The van der Waals surface area contributed by atoms with Crippen LogP contribution in [-0.2, 0) is 21.4 Å². The number of alkyl halides is 3. The lowest BCUT2D eigenvalue weighted by Crippen LogP contribution is -2.59. The molecule has 2 N–H and O–H groups in total. The predicted molar refractivity (Wildman–Crippen MR) is 147 cm³/mol. The van der Waals surface area contributed by atoms with Crippen LogP contribution in [0.1, 0.15) is 77.2 Å². The van der Waals surface area contributed by atoms with Gasteiger partial charge in [0.2, 0.25) is 5.91 Å². The summed E-state index contributed by atoms with van der Waals surface area (Å²) in [6.07, 6.45) is -0.109. The first-order valence-electron chi connectivity index (χ1n) is 14.7. The second-order valence-corrected chi connectivity index (χ2v) is 13.0. The average molecular weight is 570 g/mol. The number of piperazine rings is 1. The molecule has 0 spiro atoms. The molecule has 2 saturated carbocycles. The first-order valence-corrected chi connectivity index (χ1v) is 14.7. The molecule has 2 aliphatic carbocycles. The van der Waals surface area contributed by atoms with Gasteiger partial charge in [0.05, 0.1) is 6.61 Å². The number of nitrogens with one attached hydrogen (secondary N) is 1. The Morgan fingerprint density at radius 1 is 1.10 bits per heavy atom. The molecular formula is C29H46F3N5O3. The highest BCUT2D eigenvalue weighted by Crippen LogP contribution is 2.48. The molecule has 226 valence electrons. The van der Waals surface area contributed by atoms with Gasteiger partial charge in [-0.05, 0) is 57.4 Å². The summed E-state index contributed by atoms with van der Waals surface area (Å²) >= 11 is 0. The van der Waals surface area contributed by atoms with Crippen molar-refractivity contribution in [3.63, 3.8) is 0 Å². The van der Waals surface area contributed by atoms with Crippen molar-refractivity contribution >= 4 is 11.7 Å². The lowest BCUT2D eigenvalue weighted by atomic mass is 9.69. The van der Waals surface area contributed by atoms with Gasteiger partial charge in [-0.1, -0.05) is 20.8 Å². The molecule has 2 heterocycles. The Bertz CT molecular complexity index is 994. The Balaban J connectivity index is 1.17. The van der Waals surface area contributed by atoms with Gasteiger partial charge in [-0.3, -0.25) is 9.69 Å². The number of nitrogens with zero attached hydrogens (tertiary/aromatic N) is 4. The zero-order valence-corrected chi connectivity index (χ0v) is 24.4. The van der Waals surface area contributed by atoms with Crippen LogP contribution in [0.3, 0.4) is 0 Å². The van der Waals surface area contributed by atoms with Gasteiger partial charge in [0.1, 0.15) is 11.6 Å². The maximum absolute atomic E-state index is 12.8. The first kappa shape index (κ1) is 31.0. The summed E-state index contributed by atoms with van der Waals surface area (Å²) in [6.45, 7) is 11.9. The molecule has 0 atom stereocenters. The molecule has 11 heteroatoms. The summed E-state index contributed by atoms with van der Waals surface area (Å²) in [5.74, 6) is 1.36. The standard InChI is InChI=1S/C29H46F3N5O3/c1-27(2,3)26-34-23(10-16-40-4)17-24(35-26)37-14-12-36(13-15-37)11-9-20-5-7-22(8-6-20)33-25(38)21-18-28(39,19-21)29(30,31)32/h17,20-22,39H,5-16,18-19H2,1-4H3,(H,33,38)/t20?,21-,22?,28+. The highest BCUT2D eigenvalue weighted by Gasteiger charge is 2.62. The predicted octanol–water partition coefficient (Wildman–Crippen LogP) is 3.85. The quantitative estimate of drug-likeness (QED) is 0.467. The minimum atomic E-state index is -4.67. The Hall–Kier alpha value is -1.98. The second kappa shape index (κ2) is 12.5. The fraction of sp³-hybridized carbons (Fsp3) is 0.828. The van der Waals surface area contributed by atoms with Crippen molar-refractivity contribution in [3.8, 4) is 0 Å². The summed E-state index contributed by atoms with van der Waals surface area (Å²) in [4.78, 5) is 26.9. The van der Waals surface area contributed by atoms with Gasteiger partial charge < -0.3 is 20.1 Å². The van der Waals surface area contributed by atoms with Gasteiger partial charge in [-0.15, -0.1) is 0 Å². The topological polar surface area (TPSA) is 90.8 Å². The van der Waals surface area contributed by atoms with E-state index in [4.69, 9.17) is 14.7 Å². The van der Waals surface area contributed by atoms with E-state index in [2.05, 4.69) is 42.0 Å². The van der Waals surface area contributed by atoms with Gasteiger partial charge in [0, 0.05) is 68.8 Å². The number of ether oxygens (including phenoxy) is 1. The Kier molecular flexibility index (Phi) is 9.67. The Morgan fingerprint density at radius 3 is 2.33 bits per heavy atom. The lowest BCUT2D eigenvalue weighted by molar-refractivity contribution is -0.296. The maximum Gasteiger partial charge on any atom is 0.417 e. The number of hydrogen-bond acceptors (Lipinski definition) is 7. The SMILES string of the molecule is COCCc1cc(N2CCN(CCC3CCC(NC(=O)[C@H]4C[C@](O)(C(F)(F)F)C4)CC3)CC2)nc(C(C)(C)C)n1. The molecule has 40 heavy (non-hydrogen) atoms. The van der Waals surface area contributed by atoms with E-state index in [9.17, 15) is 23.1 Å².